The van der Waals surface area contributed by atoms with E-state index in [4.69, 9.17) is 5.11 Å². The van der Waals surface area contributed by atoms with Gasteiger partial charge in [0.25, 0.3) is 0 Å². The van der Waals surface area contributed by atoms with E-state index in [2.05, 4.69) is 36.7 Å². The van der Waals surface area contributed by atoms with Crippen LogP contribution in [0.25, 0.3) is 0 Å². The van der Waals surface area contributed by atoms with E-state index in [1.165, 1.54) is 4.88 Å². The molecule has 0 amide bonds. The minimum Gasteiger partial charge on any atom is -0.478 e. The molecule has 4 heteroatoms. The van der Waals surface area contributed by atoms with Crippen LogP contribution in [0.15, 0.2) is 41.8 Å². The smallest absolute Gasteiger partial charge is 0.336 e. The largest absolute Gasteiger partial charge is 0.478 e. The number of thiophene rings is 1. The Kier molecular flexibility index (Phi) is 4.57. The maximum Gasteiger partial charge on any atom is 0.336 e. The first kappa shape index (κ1) is 14.8. The number of nitrogens with one attached hydrogen (secondary N) is 1. The van der Waals surface area contributed by atoms with E-state index < -0.39 is 5.97 Å². The zero-order valence-electron chi connectivity index (χ0n) is 11.7. The third-order valence-electron chi connectivity index (χ3n) is 3.32. The zero-order valence-corrected chi connectivity index (χ0v) is 12.5. The summed E-state index contributed by atoms with van der Waals surface area (Å²) in [4.78, 5) is 12.5. The monoisotopic (exact) mass is 289 g/mol. The molecule has 0 spiro atoms. The maximum absolute atomic E-state index is 11.1. The Morgan fingerprint density at radius 1 is 1.25 bits per heavy atom. The number of carboxylic acids is 1. The summed E-state index contributed by atoms with van der Waals surface area (Å²) in [6.07, 6.45) is 0. The molecule has 0 atom stereocenters. The molecule has 1 aromatic carbocycles. The molecular formula is C16H19NO2S. The molecule has 2 N–H and O–H groups in total. The molecule has 0 saturated carbocycles. The highest BCUT2D eigenvalue weighted by Gasteiger charge is 2.21. The molecule has 2 rings (SSSR count). The predicted molar refractivity (Wildman–Crippen MR) is 82.5 cm³/mol. The first-order valence-corrected chi connectivity index (χ1v) is 7.44. The van der Waals surface area contributed by atoms with Gasteiger partial charge < -0.3 is 10.4 Å². The Morgan fingerprint density at radius 2 is 2.00 bits per heavy atom. The lowest BCUT2D eigenvalue weighted by atomic mass is 9.91. The summed E-state index contributed by atoms with van der Waals surface area (Å²) >= 11 is 1.75. The van der Waals surface area contributed by atoms with Gasteiger partial charge >= 0.3 is 5.97 Å². The molecule has 0 saturated heterocycles. The van der Waals surface area contributed by atoms with Gasteiger partial charge in [0.2, 0.25) is 0 Å². The molecule has 2 aromatic rings. The summed E-state index contributed by atoms with van der Waals surface area (Å²) in [5, 5.41) is 14.6. The summed E-state index contributed by atoms with van der Waals surface area (Å²) in [6.45, 7) is 5.75. The second kappa shape index (κ2) is 6.20. The van der Waals surface area contributed by atoms with Crippen LogP contribution in [0.5, 0.6) is 0 Å². The average molecular weight is 289 g/mol. The van der Waals surface area contributed by atoms with Crippen LogP contribution in [-0.2, 0) is 12.0 Å². The normalized spacial score (nSPS) is 11.5. The second-order valence-electron chi connectivity index (χ2n) is 5.43. The third kappa shape index (κ3) is 3.46. The number of rotatable bonds is 6. The molecular weight excluding hydrogens is 270 g/mol. The van der Waals surface area contributed by atoms with E-state index in [1.807, 2.05) is 12.1 Å². The number of carboxylic acid groups (broad SMARTS) is 1. The summed E-state index contributed by atoms with van der Waals surface area (Å²) < 4.78 is 0. The fraction of sp³-hybridized carbons (Fsp3) is 0.312. The van der Waals surface area contributed by atoms with Crippen molar-refractivity contribution in [3.05, 3.63) is 57.8 Å². The van der Waals surface area contributed by atoms with Gasteiger partial charge in [0.05, 0.1) is 5.56 Å². The van der Waals surface area contributed by atoms with Crippen LogP contribution < -0.4 is 5.32 Å². The van der Waals surface area contributed by atoms with Crippen molar-refractivity contribution >= 4 is 17.3 Å². The molecule has 0 radical (unpaired) electrons. The quantitative estimate of drug-likeness (QED) is 0.855. The molecule has 0 aliphatic carbocycles. The average Bonchev–Trinajstić information content (AvgIpc) is 2.93. The molecule has 0 unspecified atom stereocenters. The van der Waals surface area contributed by atoms with E-state index in [0.717, 1.165) is 12.1 Å². The molecule has 1 aromatic heterocycles. The van der Waals surface area contributed by atoms with E-state index in [-0.39, 0.29) is 5.41 Å². The third-order valence-corrected chi connectivity index (χ3v) is 4.55. The van der Waals surface area contributed by atoms with Crippen LogP contribution in [-0.4, -0.2) is 17.6 Å². The minimum atomic E-state index is -0.875. The Labute approximate surface area is 123 Å². The Hall–Kier alpha value is -1.65. The summed E-state index contributed by atoms with van der Waals surface area (Å²) in [7, 11) is 0. The van der Waals surface area contributed by atoms with Gasteiger partial charge in [0.1, 0.15) is 0 Å². The Bertz CT molecular complexity index is 576. The molecule has 20 heavy (non-hydrogen) atoms. The maximum atomic E-state index is 11.1. The standard InChI is InChI=1S/C16H19NO2S/c1-16(2,14-8-5-9-20-14)11-17-10-12-6-3-4-7-13(12)15(18)19/h3-9,17H,10-11H2,1-2H3,(H,18,19). The highest BCUT2D eigenvalue weighted by Crippen LogP contribution is 2.26. The number of hydrogen-bond acceptors (Lipinski definition) is 3. The van der Waals surface area contributed by atoms with Gasteiger partial charge in [-0.25, -0.2) is 4.79 Å². The van der Waals surface area contributed by atoms with Crippen molar-refractivity contribution in [3.63, 3.8) is 0 Å². The van der Waals surface area contributed by atoms with E-state index in [9.17, 15) is 4.79 Å². The predicted octanol–water partition coefficient (Wildman–Crippen LogP) is 3.51. The SMILES string of the molecule is CC(C)(CNCc1ccccc1C(=O)O)c1cccs1. The lowest BCUT2D eigenvalue weighted by Gasteiger charge is -2.24. The van der Waals surface area contributed by atoms with Gasteiger partial charge in [-0.1, -0.05) is 38.1 Å². The van der Waals surface area contributed by atoms with E-state index in [0.29, 0.717) is 12.1 Å². The summed E-state index contributed by atoms with van der Waals surface area (Å²) in [5.74, 6) is -0.875. The van der Waals surface area contributed by atoms with Gasteiger partial charge in [-0.3, -0.25) is 0 Å². The summed E-state index contributed by atoms with van der Waals surface area (Å²) in [5.41, 5.74) is 1.24. The molecule has 106 valence electrons. The van der Waals surface area contributed by atoms with Gasteiger partial charge in [-0.05, 0) is 23.1 Å². The van der Waals surface area contributed by atoms with Gasteiger partial charge in [0, 0.05) is 23.4 Å². The number of hydrogen-bond donors (Lipinski definition) is 2. The van der Waals surface area contributed by atoms with Crippen LogP contribution >= 0.6 is 11.3 Å². The second-order valence-corrected chi connectivity index (χ2v) is 6.37. The molecule has 3 nitrogen and oxygen atoms in total. The number of aromatic carboxylic acids is 1. The first-order valence-electron chi connectivity index (χ1n) is 6.56. The van der Waals surface area contributed by atoms with Crippen molar-refractivity contribution in [3.8, 4) is 0 Å². The molecule has 0 bridgehead atoms. The van der Waals surface area contributed by atoms with Crippen LogP contribution in [0.2, 0.25) is 0 Å². The zero-order chi connectivity index (χ0) is 14.6. The highest BCUT2D eigenvalue weighted by atomic mass is 32.1. The van der Waals surface area contributed by atoms with Crippen LogP contribution in [0.4, 0.5) is 0 Å². The fourth-order valence-electron chi connectivity index (χ4n) is 2.14. The van der Waals surface area contributed by atoms with Crippen molar-refractivity contribution in [2.45, 2.75) is 25.8 Å². The Balaban J connectivity index is 1.98. The fourth-order valence-corrected chi connectivity index (χ4v) is 3.00. The molecule has 1 heterocycles. The lowest BCUT2D eigenvalue weighted by molar-refractivity contribution is 0.0695. The van der Waals surface area contributed by atoms with Crippen molar-refractivity contribution in [1.82, 2.24) is 5.32 Å². The van der Waals surface area contributed by atoms with Crippen molar-refractivity contribution < 1.29 is 9.90 Å². The molecule has 0 fully saturated rings. The van der Waals surface area contributed by atoms with Gasteiger partial charge in [0.15, 0.2) is 0 Å². The molecule has 0 aliphatic heterocycles. The van der Waals surface area contributed by atoms with Crippen LogP contribution in [0.3, 0.4) is 0 Å². The van der Waals surface area contributed by atoms with Crippen molar-refractivity contribution in [1.29, 1.82) is 0 Å². The van der Waals surface area contributed by atoms with E-state index >= 15 is 0 Å². The number of benzene rings is 1. The van der Waals surface area contributed by atoms with Crippen LogP contribution in [0.1, 0.15) is 34.6 Å². The number of carbonyl (C=O) groups is 1. The van der Waals surface area contributed by atoms with Crippen molar-refractivity contribution in [2.24, 2.45) is 0 Å². The Morgan fingerprint density at radius 3 is 2.65 bits per heavy atom. The topological polar surface area (TPSA) is 49.3 Å². The highest BCUT2D eigenvalue weighted by molar-refractivity contribution is 7.10. The minimum absolute atomic E-state index is 0.0480. The van der Waals surface area contributed by atoms with Crippen LogP contribution in [0, 0.1) is 0 Å². The van der Waals surface area contributed by atoms with Crippen molar-refractivity contribution in [2.75, 3.05) is 6.54 Å². The van der Waals surface area contributed by atoms with Gasteiger partial charge in [-0.15, -0.1) is 11.3 Å². The first-order chi connectivity index (χ1) is 9.50. The van der Waals surface area contributed by atoms with E-state index in [1.54, 1.807) is 23.5 Å². The lowest BCUT2D eigenvalue weighted by Crippen LogP contribution is -2.32. The molecule has 0 aliphatic rings. The summed E-state index contributed by atoms with van der Waals surface area (Å²) in [6, 6.07) is 11.3. The van der Waals surface area contributed by atoms with Gasteiger partial charge in [-0.2, -0.15) is 0 Å².